The molecule has 0 radical (unpaired) electrons. The zero-order valence-electron chi connectivity index (χ0n) is 8.32. The lowest BCUT2D eigenvalue weighted by atomic mass is 10.3. The highest BCUT2D eigenvalue weighted by Crippen LogP contribution is 2.36. The molecule has 0 unspecified atom stereocenters. The summed E-state index contributed by atoms with van der Waals surface area (Å²) in [6.07, 6.45) is 0. The number of hydrogen-bond acceptors (Lipinski definition) is 4. The monoisotopic (exact) mass is 214 g/mol. The minimum Gasteiger partial charge on any atom is -0.493 e. The molecule has 0 amide bonds. The van der Waals surface area contributed by atoms with Crippen LogP contribution in [0, 0.1) is 0 Å². The topological polar surface area (TPSA) is 27.7 Å². The van der Waals surface area contributed by atoms with Crippen molar-refractivity contribution in [2.75, 3.05) is 26.6 Å². The van der Waals surface area contributed by atoms with Gasteiger partial charge >= 0.3 is 0 Å². The number of ether oxygens (including phenoxy) is 3. The van der Waals surface area contributed by atoms with Crippen LogP contribution in [0.25, 0.3) is 0 Å². The molecular formula is C10H14O3S. The average Bonchev–Trinajstić information content (AvgIpc) is 2.25. The van der Waals surface area contributed by atoms with Gasteiger partial charge in [-0.25, -0.2) is 0 Å². The molecule has 0 aromatic heterocycles. The van der Waals surface area contributed by atoms with E-state index in [1.165, 1.54) is 0 Å². The second-order valence-corrected chi connectivity index (χ2v) is 3.01. The molecule has 0 heterocycles. The Morgan fingerprint density at radius 1 is 1.14 bits per heavy atom. The first-order valence-electron chi connectivity index (χ1n) is 4.28. The lowest BCUT2D eigenvalue weighted by Gasteiger charge is -2.12. The van der Waals surface area contributed by atoms with Gasteiger partial charge in [-0.05, 0) is 12.1 Å². The normalized spacial score (nSPS) is 9.64. The van der Waals surface area contributed by atoms with E-state index in [9.17, 15) is 0 Å². The van der Waals surface area contributed by atoms with Gasteiger partial charge in [0.1, 0.15) is 0 Å². The molecule has 0 aliphatic heterocycles. The Morgan fingerprint density at radius 2 is 1.71 bits per heavy atom. The summed E-state index contributed by atoms with van der Waals surface area (Å²) in [6, 6.07) is 5.51. The predicted octanol–water partition coefficient (Wildman–Crippen LogP) is 2.01. The van der Waals surface area contributed by atoms with Gasteiger partial charge in [0.25, 0.3) is 0 Å². The van der Waals surface area contributed by atoms with Gasteiger partial charge in [0, 0.05) is 5.75 Å². The summed E-state index contributed by atoms with van der Waals surface area (Å²) >= 11 is 4.07. The van der Waals surface area contributed by atoms with Gasteiger partial charge in [0.15, 0.2) is 11.5 Å². The lowest BCUT2D eigenvalue weighted by molar-refractivity contribution is 0.290. The Kier molecular flexibility index (Phi) is 4.46. The molecule has 1 aromatic rings. The minimum atomic E-state index is 0.528. The van der Waals surface area contributed by atoms with Gasteiger partial charge in [0.2, 0.25) is 5.75 Å². The van der Waals surface area contributed by atoms with Crippen molar-refractivity contribution in [1.82, 2.24) is 0 Å². The third-order valence-electron chi connectivity index (χ3n) is 1.72. The molecule has 78 valence electrons. The first-order valence-corrected chi connectivity index (χ1v) is 4.91. The SMILES string of the molecule is COc1cccc(OC)c1OCCS. The first-order chi connectivity index (χ1) is 6.83. The molecule has 0 atom stereocenters. The molecule has 0 bridgehead atoms. The number of para-hydroxylation sites is 1. The largest absolute Gasteiger partial charge is 0.493 e. The van der Waals surface area contributed by atoms with E-state index in [-0.39, 0.29) is 0 Å². The van der Waals surface area contributed by atoms with E-state index >= 15 is 0 Å². The number of thiol groups is 1. The zero-order chi connectivity index (χ0) is 10.4. The average molecular weight is 214 g/mol. The van der Waals surface area contributed by atoms with E-state index in [0.29, 0.717) is 29.6 Å². The van der Waals surface area contributed by atoms with Crippen LogP contribution in [0.15, 0.2) is 18.2 Å². The Hall–Kier alpha value is -1.03. The molecule has 1 rings (SSSR count). The lowest BCUT2D eigenvalue weighted by Crippen LogP contribution is -2.02. The van der Waals surface area contributed by atoms with Gasteiger partial charge in [-0.1, -0.05) is 6.07 Å². The minimum absolute atomic E-state index is 0.528. The molecule has 0 fully saturated rings. The van der Waals surface area contributed by atoms with Crippen LogP contribution >= 0.6 is 12.6 Å². The van der Waals surface area contributed by atoms with E-state index in [4.69, 9.17) is 14.2 Å². The van der Waals surface area contributed by atoms with Crippen LogP contribution in [-0.4, -0.2) is 26.6 Å². The smallest absolute Gasteiger partial charge is 0.203 e. The highest BCUT2D eigenvalue weighted by atomic mass is 32.1. The molecule has 0 saturated heterocycles. The van der Waals surface area contributed by atoms with Crippen molar-refractivity contribution in [2.45, 2.75) is 0 Å². The fourth-order valence-corrected chi connectivity index (χ4v) is 1.20. The van der Waals surface area contributed by atoms with Crippen LogP contribution in [0.2, 0.25) is 0 Å². The van der Waals surface area contributed by atoms with Crippen LogP contribution in [0.5, 0.6) is 17.2 Å². The quantitative estimate of drug-likeness (QED) is 0.760. The maximum atomic E-state index is 5.47. The van der Waals surface area contributed by atoms with Gasteiger partial charge in [-0.3, -0.25) is 0 Å². The molecule has 3 nitrogen and oxygen atoms in total. The van der Waals surface area contributed by atoms with Crippen LogP contribution in [0.4, 0.5) is 0 Å². The van der Waals surface area contributed by atoms with Crippen LogP contribution in [0.1, 0.15) is 0 Å². The Bertz CT molecular complexity index is 266. The van der Waals surface area contributed by atoms with Crippen molar-refractivity contribution in [3.8, 4) is 17.2 Å². The van der Waals surface area contributed by atoms with Gasteiger partial charge in [0.05, 0.1) is 20.8 Å². The molecule has 0 aliphatic rings. The van der Waals surface area contributed by atoms with Crippen LogP contribution < -0.4 is 14.2 Å². The molecule has 0 aliphatic carbocycles. The highest BCUT2D eigenvalue weighted by Gasteiger charge is 2.09. The second kappa shape index (κ2) is 5.65. The Labute approximate surface area is 89.4 Å². The summed E-state index contributed by atoms with van der Waals surface area (Å²) < 4.78 is 15.8. The van der Waals surface area contributed by atoms with Crippen LogP contribution in [0.3, 0.4) is 0 Å². The molecule has 1 aromatic carbocycles. The maximum Gasteiger partial charge on any atom is 0.203 e. The van der Waals surface area contributed by atoms with E-state index < -0.39 is 0 Å². The molecular weight excluding hydrogens is 200 g/mol. The summed E-state index contributed by atoms with van der Waals surface area (Å²) in [4.78, 5) is 0. The number of rotatable bonds is 5. The van der Waals surface area contributed by atoms with Crippen molar-refractivity contribution in [3.63, 3.8) is 0 Å². The van der Waals surface area contributed by atoms with Crippen molar-refractivity contribution in [3.05, 3.63) is 18.2 Å². The van der Waals surface area contributed by atoms with Crippen LogP contribution in [-0.2, 0) is 0 Å². The summed E-state index contributed by atoms with van der Waals surface area (Å²) in [5, 5.41) is 0. The van der Waals surface area contributed by atoms with Gasteiger partial charge in [-0.15, -0.1) is 0 Å². The predicted molar refractivity (Wildman–Crippen MR) is 58.9 cm³/mol. The molecule has 0 spiro atoms. The van der Waals surface area contributed by atoms with Gasteiger partial charge in [-0.2, -0.15) is 12.6 Å². The fourth-order valence-electron chi connectivity index (χ4n) is 1.11. The number of methoxy groups -OCH3 is 2. The number of hydrogen-bond donors (Lipinski definition) is 1. The Morgan fingerprint density at radius 3 is 2.14 bits per heavy atom. The highest BCUT2D eigenvalue weighted by molar-refractivity contribution is 7.80. The van der Waals surface area contributed by atoms with Gasteiger partial charge < -0.3 is 14.2 Å². The number of benzene rings is 1. The first kappa shape index (κ1) is 11.0. The van der Waals surface area contributed by atoms with Crippen molar-refractivity contribution < 1.29 is 14.2 Å². The van der Waals surface area contributed by atoms with Crippen molar-refractivity contribution >= 4 is 12.6 Å². The zero-order valence-corrected chi connectivity index (χ0v) is 9.21. The second-order valence-electron chi connectivity index (χ2n) is 2.56. The Balaban J connectivity index is 2.93. The van der Waals surface area contributed by atoms with E-state index in [1.807, 2.05) is 18.2 Å². The van der Waals surface area contributed by atoms with Crippen molar-refractivity contribution in [1.29, 1.82) is 0 Å². The molecule has 0 saturated carbocycles. The summed E-state index contributed by atoms with van der Waals surface area (Å²) in [6.45, 7) is 0.528. The summed E-state index contributed by atoms with van der Waals surface area (Å²) in [5.41, 5.74) is 0. The molecule has 4 heteroatoms. The van der Waals surface area contributed by atoms with E-state index in [2.05, 4.69) is 12.6 Å². The summed E-state index contributed by atoms with van der Waals surface area (Å²) in [7, 11) is 3.20. The van der Waals surface area contributed by atoms with E-state index in [0.717, 1.165) is 0 Å². The maximum absolute atomic E-state index is 5.47. The molecule has 14 heavy (non-hydrogen) atoms. The fraction of sp³-hybridized carbons (Fsp3) is 0.400. The summed E-state index contributed by atoms with van der Waals surface area (Å²) in [5.74, 6) is 2.63. The third kappa shape index (κ3) is 2.48. The molecule has 0 N–H and O–H groups in total. The standard InChI is InChI=1S/C10H14O3S/c1-11-8-4-3-5-9(12-2)10(8)13-6-7-14/h3-5,14H,6-7H2,1-2H3. The van der Waals surface area contributed by atoms with Crippen molar-refractivity contribution in [2.24, 2.45) is 0 Å². The third-order valence-corrected chi connectivity index (χ3v) is 1.90. The van der Waals surface area contributed by atoms with E-state index in [1.54, 1.807) is 14.2 Å².